The molecule has 0 saturated carbocycles. The van der Waals surface area contributed by atoms with Gasteiger partial charge >= 0.3 is 5.97 Å². The summed E-state index contributed by atoms with van der Waals surface area (Å²) < 4.78 is 9.77. The zero-order chi connectivity index (χ0) is 14.3. The van der Waals surface area contributed by atoms with E-state index in [4.69, 9.17) is 4.74 Å². The molecular formula is C15H23NO3. The van der Waals surface area contributed by atoms with Crippen LogP contribution in [0.2, 0.25) is 0 Å². The Morgan fingerprint density at radius 3 is 2.37 bits per heavy atom. The van der Waals surface area contributed by atoms with Gasteiger partial charge in [0.2, 0.25) is 0 Å². The molecule has 106 valence electrons. The molecule has 0 heterocycles. The maximum atomic E-state index is 10.9. The molecule has 1 aromatic rings. The highest BCUT2D eigenvalue weighted by atomic mass is 16.6. The van der Waals surface area contributed by atoms with Gasteiger partial charge in [-0.2, -0.15) is 0 Å². The Labute approximate surface area is 115 Å². The summed E-state index contributed by atoms with van der Waals surface area (Å²) in [5.41, 5.74) is 1.38. The summed E-state index contributed by atoms with van der Waals surface area (Å²) in [5.74, 6) is 0.277. The topological polar surface area (TPSA) is 47.6 Å². The lowest BCUT2D eigenvalue weighted by atomic mass is 9.92. The Hall–Kier alpha value is -1.71. The molecule has 0 aliphatic rings. The third kappa shape index (κ3) is 6.70. The molecule has 0 atom stereocenters. The zero-order valence-corrected chi connectivity index (χ0v) is 12.2. The number of methoxy groups -OCH3 is 1. The fourth-order valence-corrected chi connectivity index (χ4v) is 1.45. The highest BCUT2D eigenvalue weighted by Gasteiger charge is 2.08. The summed E-state index contributed by atoms with van der Waals surface area (Å²) in [4.78, 5) is 10.9. The van der Waals surface area contributed by atoms with Crippen molar-refractivity contribution in [1.29, 1.82) is 0 Å². The van der Waals surface area contributed by atoms with E-state index in [0.29, 0.717) is 11.2 Å². The molecule has 0 bridgehead atoms. The largest absolute Gasteiger partial charge is 0.482 e. The number of rotatable bonds is 6. The first-order valence-electron chi connectivity index (χ1n) is 6.44. The van der Waals surface area contributed by atoms with Gasteiger partial charge in [-0.15, -0.1) is 0 Å². The minimum Gasteiger partial charge on any atom is -0.482 e. The average Bonchev–Trinajstić information content (AvgIpc) is 2.36. The van der Waals surface area contributed by atoms with E-state index in [2.05, 4.69) is 30.8 Å². The highest BCUT2D eigenvalue weighted by molar-refractivity contribution is 5.70. The van der Waals surface area contributed by atoms with E-state index in [1.165, 1.54) is 7.11 Å². The molecule has 0 saturated heterocycles. The Bertz CT molecular complexity index is 393. The second kappa shape index (κ2) is 7.02. The van der Waals surface area contributed by atoms with Gasteiger partial charge in [0.25, 0.3) is 0 Å². The minimum atomic E-state index is -0.382. The van der Waals surface area contributed by atoms with Crippen LogP contribution in [0, 0.1) is 5.41 Å². The van der Waals surface area contributed by atoms with Crippen LogP contribution >= 0.6 is 0 Å². The molecule has 0 aliphatic heterocycles. The molecule has 0 spiro atoms. The van der Waals surface area contributed by atoms with Gasteiger partial charge in [0.05, 0.1) is 7.11 Å². The molecule has 0 unspecified atom stereocenters. The first-order valence-corrected chi connectivity index (χ1v) is 6.44. The molecule has 19 heavy (non-hydrogen) atoms. The van der Waals surface area contributed by atoms with Crippen LogP contribution in [0.4, 0.5) is 5.69 Å². The van der Waals surface area contributed by atoms with Crippen LogP contribution in [-0.2, 0) is 9.53 Å². The van der Waals surface area contributed by atoms with Crippen LogP contribution in [0.3, 0.4) is 0 Å². The van der Waals surface area contributed by atoms with E-state index < -0.39 is 0 Å². The third-order valence-corrected chi connectivity index (χ3v) is 2.64. The molecule has 0 radical (unpaired) electrons. The lowest BCUT2D eigenvalue weighted by molar-refractivity contribution is -0.142. The van der Waals surface area contributed by atoms with Crippen molar-refractivity contribution < 1.29 is 14.3 Å². The molecular weight excluding hydrogens is 242 g/mol. The van der Waals surface area contributed by atoms with Crippen LogP contribution in [0.15, 0.2) is 24.3 Å². The molecule has 1 N–H and O–H groups in total. The number of anilines is 1. The van der Waals surface area contributed by atoms with Crippen molar-refractivity contribution in [3.8, 4) is 5.75 Å². The van der Waals surface area contributed by atoms with Gasteiger partial charge in [-0.25, -0.2) is 4.79 Å². The number of hydrogen-bond acceptors (Lipinski definition) is 4. The molecule has 1 aromatic carbocycles. The van der Waals surface area contributed by atoms with E-state index >= 15 is 0 Å². The molecule has 0 amide bonds. The number of hydrogen-bond donors (Lipinski definition) is 1. The zero-order valence-electron chi connectivity index (χ0n) is 12.2. The van der Waals surface area contributed by atoms with Gasteiger partial charge in [-0.1, -0.05) is 20.8 Å². The lowest BCUT2D eigenvalue weighted by Gasteiger charge is -2.18. The Kier molecular flexibility index (Phi) is 5.67. The number of carbonyl (C=O) groups excluding carboxylic acids is 1. The number of ether oxygens (including phenoxy) is 2. The summed E-state index contributed by atoms with van der Waals surface area (Å²) in [7, 11) is 1.34. The smallest absolute Gasteiger partial charge is 0.343 e. The summed E-state index contributed by atoms with van der Waals surface area (Å²) in [6, 6.07) is 7.55. The molecule has 0 fully saturated rings. The van der Waals surface area contributed by atoms with Gasteiger partial charge in [0, 0.05) is 12.2 Å². The maximum Gasteiger partial charge on any atom is 0.343 e. The third-order valence-electron chi connectivity index (χ3n) is 2.64. The standard InChI is InChI=1S/C15H23NO3/c1-15(2,3)9-10-16-12-5-7-13(8-6-12)19-11-14(17)18-4/h5-8,16H,9-11H2,1-4H3. The minimum absolute atomic E-state index is 0.0622. The van der Waals surface area contributed by atoms with Crippen molar-refractivity contribution in [3.63, 3.8) is 0 Å². The SMILES string of the molecule is COC(=O)COc1ccc(NCCC(C)(C)C)cc1. The van der Waals surface area contributed by atoms with Crippen molar-refractivity contribution in [1.82, 2.24) is 0 Å². The summed E-state index contributed by atoms with van der Waals surface area (Å²) in [6.07, 6.45) is 1.10. The fourth-order valence-electron chi connectivity index (χ4n) is 1.45. The first kappa shape index (κ1) is 15.3. The maximum absolute atomic E-state index is 10.9. The Morgan fingerprint density at radius 2 is 1.84 bits per heavy atom. The number of esters is 1. The van der Waals surface area contributed by atoms with Crippen LogP contribution in [0.25, 0.3) is 0 Å². The van der Waals surface area contributed by atoms with Gasteiger partial charge < -0.3 is 14.8 Å². The van der Waals surface area contributed by atoms with Crippen molar-refractivity contribution in [2.24, 2.45) is 5.41 Å². The van der Waals surface area contributed by atoms with Crippen LogP contribution in [0.5, 0.6) is 5.75 Å². The van der Waals surface area contributed by atoms with Gasteiger partial charge in [-0.3, -0.25) is 0 Å². The monoisotopic (exact) mass is 265 g/mol. The van der Waals surface area contributed by atoms with Crippen molar-refractivity contribution in [2.45, 2.75) is 27.2 Å². The highest BCUT2D eigenvalue weighted by Crippen LogP contribution is 2.20. The van der Waals surface area contributed by atoms with Gasteiger partial charge in [-0.05, 0) is 36.1 Å². The number of nitrogens with one attached hydrogen (secondary N) is 1. The van der Waals surface area contributed by atoms with E-state index in [1.807, 2.05) is 24.3 Å². The van der Waals surface area contributed by atoms with E-state index in [0.717, 1.165) is 18.7 Å². The fraction of sp³-hybridized carbons (Fsp3) is 0.533. The predicted octanol–water partition coefficient (Wildman–Crippen LogP) is 3.09. The molecule has 0 aliphatic carbocycles. The number of carbonyl (C=O) groups is 1. The predicted molar refractivity (Wildman–Crippen MR) is 76.5 cm³/mol. The second-order valence-corrected chi connectivity index (χ2v) is 5.63. The quantitative estimate of drug-likeness (QED) is 0.803. The van der Waals surface area contributed by atoms with Crippen LogP contribution < -0.4 is 10.1 Å². The van der Waals surface area contributed by atoms with Gasteiger partial charge in [0.1, 0.15) is 5.75 Å². The molecule has 0 aromatic heterocycles. The second-order valence-electron chi connectivity index (χ2n) is 5.63. The molecule has 4 nitrogen and oxygen atoms in total. The Morgan fingerprint density at radius 1 is 1.21 bits per heavy atom. The van der Waals surface area contributed by atoms with Crippen molar-refractivity contribution in [2.75, 3.05) is 25.6 Å². The summed E-state index contributed by atoms with van der Waals surface area (Å²) in [5, 5.41) is 3.36. The summed E-state index contributed by atoms with van der Waals surface area (Å²) >= 11 is 0. The normalized spacial score (nSPS) is 10.9. The van der Waals surface area contributed by atoms with Crippen molar-refractivity contribution in [3.05, 3.63) is 24.3 Å². The average molecular weight is 265 g/mol. The van der Waals surface area contributed by atoms with Crippen LogP contribution in [0.1, 0.15) is 27.2 Å². The Balaban J connectivity index is 2.37. The lowest BCUT2D eigenvalue weighted by Crippen LogP contribution is -2.13. The molecule has 4 heteroatoms. The summed E-state index contributed by atoms with van der Waals surface area (Å²) in [6.45, 7) is 7.54. The van der Waals surface area contributed by atoms with E-state index in [-0.39, 0.29) is 12.6 Å². The van der Waals surface area contributed by atoms with E-state index in [9.17, 15) is 4.79 Å². The number of benzene rings is 1. The molecule has 1 rings (SSSR count). The van der Waals surface area contributed by atoms with Crippen LogP contribution in [-0.4, -0.2) is 26.2 Å². The van der Waals surface area contributed by atoms with Crippen molar-refractivity contribution >= 4 is 11.7 Å². The van der Waals surface area contributed by atoms with Gasteiger partial charge in [0.15, 0.2) is 6.61 Å². The van der Waals surface area contributed by atoms with E-state index in [1.54, 1.807) is 0 Å². The first-order chi connectivity index (χ1) is 8.90.